The molecule has 0 aromatic carbocycles. The van der Waals surface area contributed by atoms with E-state index in [0.29, 0.717) is 18.1 Å². The zero-order valence-electron chi connectivity index (χ0n) is 10.8. The van der Waals surface area contributed by atoms with Crippen molar-refractivity contribution in [3.05, 3.63) is 24.2 Å². The minimum atomic E-state index is 0.388. The fourth-order valence-electron chi connectivity index (χ4n) is 3.05. The van der Waals surface area contributed by atoms with Gasteiger partial charge in [0.25, 0.3) is 0 Å². The maximum Gasteiger partial charge on any atom is 0.122 e. The van der Waals surface area contributed by atoms with Gasteiger partial charge in [-0.3, -0.25) is 4.90 Å². The Morgan fingerprint density at radius 1 is 1.39 bits per heavy atom. The van der Waals surface area contributed by atoms with Gasteiger partial charge >= 0.3 is 0 Å². The zero-order valence-corrected chi connectivity index (χ0v) is 10.8. The fraction of sp³-hybridized carbons (Fsp3) is 0.714. The highest BCUT2D eigenvalue weighted by Crippen LogP contribution is 2.26. The van der Waals surface area contributed by atoms with Crippen LogP contribution in [0.2, 0.25) is 0 Å². The second-order valence-electron chi connectivity index (χ2n) is 5.61. The molecule has 18 heavy (non-hydrogen) atoms. The molecule has 100 valence electrons. The molecule has 1 aromatic rings. The topological polar surface area (TPSA) is 54.4 Å². The Morgan fingerprint density at radius 2 is 2.17 bits per heavy atom. The lowest BCUT2D eigenvalue weighted by Gasteiger charge is -2.35. The molecule has 0 radical (unpaired) electrons. The summed E-state index contributed by atoms with van der Waals surface area (Å²) in [5, 5.41) is 3.63. The third kappa shape index (κ3) is 2.60. The number of furan rings is 1. The molecule has 2 aliphatic rings. The summed E-state index contributed by atoms with van der Waals surface area (Å²) in [6.45, 7) is 3.36. The molecule has 3 N–H and O–H groups in total. The van der Waals surface area contributed by atoms with Gasteiger partial charge in [-0.1, -0.05) is 0 Å². The Labute approximate surface area is 109 Å². The van der Waals surface area contributed by atoms with E-state index in [1.165, 1.54) is 25.9 Å². The van der Waals surface area contributed by atoms with E-state index < -0.39 is 0 Å². The van der Waals surface area contributed by atoms with E-state index >= 15 is 0 Å². The first-order valence-electron chi connectivity index (χ1n) is 7.09. The smallest absolute Gasteiger partial charge is 0.122 e. The quantitative estimate of drug-likeness (QED) is 0.830. The molecule has 1 saturated carbocycles. The largest absolute Gasteiger partial charge is 0.468 e. The van der Waals surface area contributed by atoms with Crippen molar-refractivity contribution in [1.82, 2.24) is 10.2 Å². The lowest BCUT2D eigenvalue weighted by molar-refractivity contribution is 0.189. The maximum atomic E-state index is 5.82. The molecule has 0 bridgehead atoms. The van der Waals surface area contributed by atoms with Crippen LogP contribution < -0.4 is 11.1 Å². The summed E-state index contributed by atoms with van der Waals surface area (Å²) >= 11 is 0. The highest BCUT2D eigenvalue weighted by molar-refractivity contribution is 5.06. The Morgan fingerprint density at radius 3 is 2.78 bits per heavy atom. The van der Waals surface area contributed by atoms with Crippen LogP contribution >= 0.6 is 0 Å². The molecule has 0 amide bonds. The molecule has 1 aliphatic heterocycles. The van der Waals surface area contributed by atoms with Crippen molar-refractivity contribution >= 4 is 0 Å². The maximum absolute atomic E-state index is 5.82. The van der Waals surface area contributed by atoms with Crippen LogP contribution in [0.25, 0.3) is 0 Å². The molecule has 4 nitrogen and oxygen atoms in total. The summed E-state index contributed by atoms with van der Waals surface area (Å²) in [6.07, 6.45) is 6.63. The predicted octanol–water partition coefficient (Wildman–Crippen LogP) is 1.50. The summed E-state index contributed by atoms with van der Waals surface area (Å²) in [5.74, 6) is 1.09. The van der Waals surface area contributed by atoms with Crippen LogP contribution in [0.15, 0.2) is 22.8 Å². The van der Waals surface area contributed by atoms with Gasteiger partial charge in [0.15, 0.2) is 0 Å². The average molecular weight is 249 g/mol. The fourth-order valence-corrected chi connectivity index (χ4v) is 3.05. The van der Waals surface area contributed by atoms with Crippen molar-refractivity contribution in [1.29, 1.82) is 0 Å². The van der Waals surface area contributed by atoms with Crippen LogP contribution in [-0.4, -0.2) is 36.6 Å². The zero-order chi connectivity index (χ0) is 12.4. The lowest BCUT2D eigenvalue weighted by Crippen LogP contribution is -2.50. The van der Waals surface area contributed by atoms with Gasteiger partial charge in [-0.05, 0) is 50.9 Å². The van der Waals surface area contributed by atoms with E-state index in [0.717, 1.165) is 25.1 Å². The highest BCUT2D eigenvalue weighted by atomic mass is 16.3. The molecule has 0 spiro atoms. The van der Waals surface area contributed by atoms with Crippen molar-refractivity contribution in [2.24, 2.45) is 5.73 Å². The van der Waals surface area contributed by atoms with E-state index in [1.807, 2.05) is 6.07 Å². The van der Waals surface area contributed by atoms with Gasteiger partial charge in [0.1, 0.15) is 5.76 Å². The van der Waals surface area contributed by atoms with E-state index in [4.69, 9.17) is 10.2 Å². The minimum Gasteiger partial charge on any atom is -0.468 e. The number of nitrogens with two attached hydrogens (primary N) is 1. The summed E-state index contributed by atoms with van der Waals surface area (Å²) in [6, 6.07) is 5.49. The van der Waals surface area contributed by atoms with Crippen LogP contribution in [0.4, 0.5) is 0 Å². The Bertz CT molecular complexity index is 353. The monoisotopic (exact) mass is 249 g/mol. The second kappa shape index (κ2) is 5.43. The minimum absolute atomic E-state index is 0.388. The van der Waals surface area contributed by atoms with Crippen LogP contribution in [0.5, 0.6) is 0 Å². The van der Waals surface area contributed by atoms with E-state index in [2.05, 4.69) is 16.3 Å². The normalized spacial score (nSPS) is 30.3. The summed E-state index contributed by atoms with van der Waals surface area (Å²) in [7, 11) is 0. The average Bonchev–Trinajstić information content (AvgIpc) is 2.99. The van der Waals surface area contributed by atoms with Gasteiger partial charge in [0.2, 0.25) is 0 Å². The van der Waals surface area contributed by atoms with Gasteiger partial charge in [-0.15, -0.1) is 0 Å². The summed E-state index contributed by atoms with van der Waals surface area (Å²) < 4.78 is 5.61. The molecule has 4 heteroatoms. The molecule has 1 saturated heterocycles. The third-order valence-corrected chi connectivity index (χ3v) is 4.23. The van der Waals surface area contributed by atoms with Gasteiger partial charge < -0.3 is 15.5 Å². The molecular weight excluding hydrogens is 226 g/mol. The summed E-state index contributed by atoms with van der Waals surface area (Å²) in [5.41, 5.74) is 5.82. The molecule has 3 rings (SSSR count). The molecule has 2 fully saturated rings. The third-order valence-electron chi connectivity index (χ3n) is 4.23. The SMILES string of the molecule is NC1CC(NCC(c2ccco2)N2CCCC2)C1. The van der Waals surface area contributed by atoms with E-state index in [-0.39, 0.29) is 0 Å². The van der Waals surface area contributed by atoms with Crippen LogP contribution in [-0.2, 0) is 0 Å². The van der Waals surface area contributed by atoms with Crippen LogP contribution in [0.3, 0.4) is 0 Å². The van der Waals surface area contributed by atoms with Crippen molar-refractivity contribution in [3.63, 3.8) is 0 Å². The van der Waals surface area contributed by atoms with Crippen LogP contribution in [0.1, 0.15) is 37.5 Å². The summed E-state index contributed by atoms with van der Waals surface area (Å²) in [4.78, 5) is 2.53. The van der Waals surface area contributed by atoms with Crippen molar-refractivity contribution < 1.29 is 4.42 Å². The Kier molecular flexibility index (Phi) is 3.68. The van der Waals surface area contributed by atoms with Gasteiger partial charge in [-0.2, -0.15) is 0 Å². The number of likely N-dealkylation sites (tertiary alicyclic amines) is 1. The number of nitrogens with zero attached hydrogens (tertiary/aromatic N) is 1. The first-order valence-corrected chi connectivity index (χ1v) is 7.09. The van der Waals surface area contributed by atoms with Crippen molar-refractivity contribution in [2.75, 3.05) is 19.6 Å². The van der Waals surface area contributed by atoms with Crippen LogP contribution in [0, 0.1) is 0 Å². The second-order valence-corrected chi connectivity index (χ2v) is 5.61. The Balaban J connectivity index is 1.58. The molecule has 1 unspecified atom stereocenters. The van der Waals surface area contributed by atoms with Crippen molar-refractivity contribution in [2.45, 2.75) is 43.8 Å². The number of nitrogens with one attached hydrogen (secondary N) is 1. The highest BCUT2D eigenvalue weighted by Gasteiger charge is 2.29. The molecule has 2 heterocycles. The first kappa shape index (κ1) is 12.2. The van der Waals surface area contributed by atoms with Crippen molar-refractivity contribution in [3.8, 4) is 0 Å². The van der Waals surface area contributed by atoms with Gasteiger partial charge in [0, 0.05) is 18.6 Å². The number of rotatable bonds is 5. The number of hydrogen-bond acceptors (Lipinski definition) is 4. The van der Waals surface area contributed by atoms with E-state index in [9.17, 15) is 0 Å². The molecule has 1 atom stereocenters. The molecule has 1 aromatic heterocycles. The Hall–Kier alpha value is -0.840. The van der Waals surface area contributed by atoms with Gasteiger partial charge in [-0.25, -0.2) is 0 Å². The van der Waals surface area contributed by atoms with E-state index in [1.54, 1.807) is 6.26 Å². The standard InChI is InChI=1S/C14H23N3O/c15-11-8-12(9-11)16-10-13(14-4-3-7-18-14)17-5-1-2-6-17/h3-4,7,11-13,16H,1-2,5-6,8-10,15H2. The molecule has 1 aliphatic carbocycles. The molecular formula is C14H23N3O. The first-order chi connectivity index (χ1) is 8.83. The van der Waals surface area contributed by atoms with Gasteiger partial charge in [0.05, 0.1) is 12.3 Å². The lowest BCUT2D eigenvalue weighted by atomic mass is 9.87. The predicted molar refractivity (Wildman–Crippen MR) is 71.3 cm³/mol. The number of hydrogen-bond donors (Lipinski definition) is 2.